The van der Waals surface area contributed by atoms with Gasteiger partial charge in [0.2, 0.25) is 11.8 Å². The Morgan fingerprint density at radius 3 is 2.88 bits per heavy atom. The molecule has 0 radical (unpaired) electrons. The van der Waals surface area contributed by atoms with Crippen LogP contribution in [0, 0.1) is 6.92 Å². The van der Waals surface area contributed by atoms with E-state index in [1.54, 1.807) is 12.3 Å². The highest BCUT2D eigenvalue weighted by molar-refractivity contribution is 8.77. The number of carbonyl (C=O) groups is 1. The molecule has 5 nitrogen and oxygen atoms in total. The number of likely N-dealkylation sites (tertiary alicyclic amines) is 1. The molecular formula is C18H27N3O2S2. The van der Waals surface area contributed by atoms with Gasteiger partial charge in [-0.2, -0.15) is 4.98 Å². The highest BCUT2D eigenvalue weighted by Crippen LogP contribution is 2.39. The van der Waals surface area contributed by atoms with Crippen LogP contribution in [0.4, 0.5) is 0 Å². The van der Waals surface area contributed by atoms with Crippen molar-refractivity contribution in [2.45, 2.75) is 63.2 Å². The average Bonchev–Trinajstić information content (AvgIpc) is 3.13. The van der Waals surface area contributed by atoms with Gasteiger partial charge in [-0.3, -0.25) is 4.79 Å². The number of nitrogens with zero attached hydrogens (tertiary/aromatic N) is 3. The fourth-order valence-corrected chi connectivity index (χ4v) is 6.29. The first-order chi connectivity index (χ1) is 12.2. The molecule has 2 aliphatic rings. The Kier molecular flexibility index (Phi) is 7.28. The van der Waals surface area contributed by atoms with Crippen LogP contribution in [0.3, 0.4) is 0 Å². The van der Waals surface area contributed by atoms with E-state index in [2.05, 4.69) is 9.97 Å². The smallest absolute Gasteiger partial charge is 0.222 e. The van der Waals surface area contributed by atoms with Crippen LogP contribution in [0.1, 0.15) is 50.8 Å². The lowest BCUT2D eigenvalue weighted by atomic mass is 10.1. The molecule has 138 valence electrons. The lowest BCUT2D eigenvalue weighted by Gasteiger charge is -2.32. The molecule has 1 aromatic rings. The van der Waals surface area contributed by atoms with Gasteiger partial charge in [-0.25, -0.2) is 4.98 Å². The number of hydrogen-bond donors (Lipinski definition) is 0. The number of rotatable bonds is 7. The Labute approximate surface area is 158 Å². The molecule has 2 fully saturated rings. The molecule has 0 bridgehead atoms. The number of piperidine rings is 1. The molecule has 1 aromatic heterocycles. The minimum atomic E-state index is 0.148. The lowest BCUT2D eigenvalue weighted by Crippen LogP contribution is -2.41. The molecular weight excluding hydrogens is 354 g/mol. The molecule has 3 heterocycles. The summed E-state index contributed by atoms with van der Waals surface area (Å²) in [4.78, 5) is 22.7. The number of unbranched alkanes of at least 4 members (excludes halogenated alkanes) is 1. The zero-order valence-corrected chi connectivity index (χ0v) is 16.5. The third-order valence-corrected chi connectivity index (χ3v) is 7.73. The quantitative estimate of drug-likeness (QED) is 0.528. The normalized spacial score (nSPS) is 21.5. The molecule has 1 unspecified atom stereocenters. The van der Waals surface area contributed by atoms with Crippen molar-refractivity contribution in [1.29, 1.82) is 0 Å². The van der Waals surface area contributed by atoms with Crippen molar-refractivity contribution < 1.29 is 9.53 Å². The van der Waals surface area contributed by atoms with Crippen molar-refractivity contribution in [1.82, 2.24) is 14.9 Å². The third-order valence-electron chi connectivity index (χ3n) is 4.73. The van der Waals surface area contributed by atoms with Gasteiger partial charge < -0.3 is 9.64 Å². The zero-order valence-electron chi connectivity index (χ0n) is 14.9. The van der Waals surface area contributed by atoms with E-state index < -0.39 is 0 Å². The summed E-state index contributed by atoms with van der Waals surface area (Å²) in [5.74, 6) is 2.96. The van der Waals surface area contributed by atoms with Gasteiger partial charge in [-0.1, -0.05) is 28.0 Å². The molecule has 3 rings (SSSR count). The topological polar surface area (TPSA) is 55.3 Å². The van der Waals surface area contributed by atoms with Gasteiger partial charge in [-0.05, 0) is 26.2 Å². The first kappa shape index (κ1) is 18.8. The standard InChI is InChI=1S/C18H27N3O2S2/c1-14-19-10-6-17(20-14)23-15-7-11-21(12-8-15)18(22)5-3-2-4-16-9-13-24-25-16/h6,10,15-16H,2-5,7-9,11-13H2,1H3. The SMILES string of the molecule is Cc1nccc(OC2CCN(C(=O)CCCCC3CCSS3)CC2)n1. The van der Waals surface area contributed by atoms with E-state index in [0.29, 0.717) is 18.2 Å². The zero-order chi connectivity index (χ0) is 17.5. The largest absolute Gasteiger partial charge is 0.474 e. The first-order valence-corrected chi connectivity index (χ1v) is 11.6. The minimum Gasteiger partial charge on any atom is -0.474 e. The van der Waals surface area contributed by atoms with Crippen molar-refractivity contribution in [3.05, 3.63) is 18.1 Å². The Bertz CT molecular complexity index is 559. The van der Waals surface area contributed by atoms with Crippen LogP contribution in [-0.4, -0.2) is 51.0 Å². The Morgan fingerprint density at radius 1 is 1.32 bits per heavy atom. The molecule has 0 saturated carbocycles. The van der Waals surface area contributed by atoms with Gasteiger partial charge in [0.15, 0.2) is 0 Å². The molecule has 1 atom stereocenters. The fourth-order valence-electron chi connectivity index (χ4n) is 3.26. The predicted molar refractivity (Wildman–Crippen MR) is 104 cm³/mol. The van der Waals surface area contributed by atoms with Crippen LogP contribution in [0.15, 0.2) is 12.3 Å². The molecule has 2 aliphatic heterocycles. The maximum Gasteiger partial charge on any atom is 0.222 e. The second-order valence-electron chi connectivity index (χ2n) is 6.71. The Morgan fingerprint density at radius 2 is 2.16 bits per heavy atom. The predicted octanol–water partition coefficient (Wildman–Crippen LogP) is 3.87. The van der Waals surface area contributed by atoms with Gasteiger partial charge in [0.1, 0.15) is 11.9 Å². The van der Waals surface area contributed by atoms with Gasteiger partial charge in [0, 0.05) is 55.6 Å². The number of hydrogen-bond acceptors (Lipinski definition) is 6. The van der Waals surface area contributed by atoms with E-state index in [1.807, 2.05) is 33.4 Å². The molecule has 1 amide bonds. The number of aryl methyl sites for hydroxylation is 1. The second kappa shape index (κ2) is 9.67. The summed E-state index contributed by atoms with van der Waals surface area (Å²) in [5, 5.41) is 0.818. The minimum absolute atomic E-state index is 0.148. The Hall–Kier alpha value is -0.950. The summed E-state index contributed by atoms with van der Waals surface area (Å²) in [6, 6.07) is 1.80. The molecule has 2 saturated heterocycles. The molecule has 0 aromatic carbocycles. The summed E-state index contributed by atoms with van der Waals surface area (Å²) in [6.45, 7) is 3.45. The van der Waals surface area contributed by atoms with Crippen LogP contribution in [0.25, 0.3) is 0 Å². The van der Waals surface area contributed by atoms with Gasteiger partial charge in [0.05, 0.1) is 0 Å². The van der Waals surface area contributed by atoms with Crippen molar-refractivity contribution >= 4 is 27.5 Å². The number of aromatic nitrogens is 2. The lowest BCUT2D eigenvalue weighted by molar-refractivity contribution is -0.133. The van der Waals surface area contributed by atoms with E-state index in [0.717, 1.165) is 43.4 Å². The van der Waals surface area contributed by atoms with E-state index in [-0.39, 0.29) is 6.10 Å². The first-order valence-electron chi connectivity index (χ1n) is 9.23. The van der Waals surface area contributed by atoms with E-state index >= 15 is 0 Å². The van der Waals surface area contributed by atoms with E-state index in [1.165, 1.54) is 25.0 Å². The summed E-state index contributed by atoms with van der Waals surface area (Å²) in [6.07, 6.45) is 9.13. The van der Waals surface area contributed by atoms with Crippen molar-refractivity contribution in [2.75, 3.05) is 18.8 Å². The second-order valence-corrected chi connectivity index (χ2v) is 9.50. The van der Waals surface area contributed by atoms with Gasteiger partial charge >= 0.3 is 0 Å². The Balaban J connectivity index is 1.31. The van der Waals surface area contributed by atoms with E-state index in [9.17, 15) is 4.79 Å². The monoisotopic (exact) mass is 381 g/mol. The molecule has 0 spiro atoms. The van der Waals surface area contributed by atoms with Crippen molar-refractivity contribution in [3.63, 3.8) is 0 Å². The molecule has 25 heavy (non-hydrogen) atoms. The highest BCUT2D eigenvalue weighted by Gasteiger charge is 2.24. The summed E-state index contributed by atoms with van der Waals surface area (Å²) >= 11 is 0. The van der Waals surface area contributed by atoms with Crippen LogP contribution >= 0.6 is 21.6 Å². The number of carbonyl (C=O) groups excluding carboxylic acids is 1. The summed E-state index contributed by atoms with van der Waals surface area (Å²) < 4.78 is 5.93. The average molecular weight is 382 g/mol. The fraction of sp³-hybridized carbons (Fsp3) is 0.722. The summed E-state index contributed by atoms with van der Waals surface area (Å²) in [7, 11) is 4.02. The van der Waals surface area contributed by atoms with Crippen LogP contribution in [0.2, 0.25) is 0 Å². The molecule has 0 N–H and O–H groups in total. The highest BCUT2D eigenvalue weighted by atomic mass is 33.1. The van der Waals surface area contributed by atoms with E-state index in [4.69, 9.17) is 4.74 Å². The van der Waals surface area contributed by atoms with Gasteiger partial charge in [0.25, 0.3) is 0 Å². The van der Waals surface area contributed by atoms with Crippen LogP contribution in [-0.2, 0) is 4.79 Å². The van der Waals surface area contributed by atoms with Crippen LogP contribution < -0.4 is 4.74 Å². The van der Waals surface area contributed by atoms with Gasteiger partial charge in [-0.15, -0.1) is 0 Å². The van der Waals surface area contributed by atoms with Crippen LogP contribution in [0.5, 0.6) is 5.88 Å². The maximum absolute atomic E-state index is 12.4. The third kappa shape index (κ3) is 6.06. The summed E-state index contributed by atoms with van der Waals surface area (Å²) in [5.41, 5.74) is 0. The molecule has 7 heteroatoms. The molecule has 0 aliphatic carbocycles. The maximum atomic E-state index is 12.4. The number of amides is 1. The van der Waals surface area contributed by atoms with Crippen molar-refractivity contribution in [2.24, 2.45) is 0 Å². The van der Waals surface area contributed by atoms with Crippen molar-refractivity contribution in [3.8, 4) is 5.88 Å². The number of ether oxygens (including phenoxy) is 1.